The van der Waals surface area contributed by atoms with E-state index in [2.05, 4.69) is 4.74 Å². The second-order valence-electron chi connectivity index (χ2n) is 8.66. The Bertz CT molecular complexity index is 966. The molecule has 0 spiro atoms. The quantitative estimate of drug-likeness (QED) is 0.496. The van der Waals surface area contributed by atoms with Gasteiger partial charge in [-0.1, -0.05) is 27.7 Å². The summed E-state index contributed by atoms with van der Waals surface area (Å²) in [6.45, 7) is 7.51. The summed E-state index contributed by atoms with van der Waals surface area (Å²) in [5, 5.41) is 0. The van der Waals surface area contributed by atoms with Gasteiger partial charge in [-0.15, -0.1) is 0 Å². The Morgan fingerprint density at radius 2 is 1.71 bits per heavy atom. The molecule has 3 rings (SSSR count). The van der Waals surface area contributed by atoms with Crippen molar-refractivity contribution < 1.29 is 32.6 Å². The molecule has 5 nitrogen and oxygen atoms in total. The number of rotatable bonds is 4. The smallest absolute Gasteiger partial charge is 0.312 e. The second kappa shape index (κ2) is 9.45. The summed E-state index contributed by atoms with van der Waals surface area (Å²) in [6, 6.07) is 8.51. The molecule has 1 aliphatic rings. The molecular formula is C24H28F2O5. The van der Waals surface area contributed by atoms with Gasteiger partial charge in [-0.2, -0.15) is 0 Å². The number of halogens is 2. The fraction of sp³-hybridized carbons (Fsp3) is 0.417. The van der Waals surface area contributed by atoms with E-state index in [1.807, 2.05) is 27.7 Å². The van der Waals surface area contributed by atoms with E-state index in [1.165, 1.54) is 44.6 Å². The van der Waals surface area contributed by atoms with Crippen molar-refractivity contribution in [2.24, 2.45) is 0 Å². The lowest BCUT2D eigenvalue weighted by Crippen LogP contribution is -2.30. The number of methoxy groups -OCH3 is 2. The van der Waals surface area contributed by atoms with Crippen LogP contribution in [0.2, 0.25) is 0 Å². The molecule has 31 heavy (non-hydrogen) atoms. The lowest BCUT2D eigenvalue weighted by molar-refractivity contribution is -0.142. The van der Waals surface area contributed by atoms with Crippen molar-refractivity contribution in [1.82, 2.24) is 0 Å². The van der Waals surface area contributed by atoms with Crippen molar-refractivity contribution in [2.45, 2.75) is 51.4 Å². The number of carbonyl (C=O) groups is 2. The second-order valence-corrected chi connectivity index (χ2v) is 8.66. The third kappa shape index (κ3) is 6.03. The van der Waals surface area contributed by atoms with Gasteiger partial charge in [0.05, 0.1) is 27.1 Å². The van der Waals surface area contributed by atoms with Gasteiger partial charge in [0.15, 0.2) is 0 Å². The average molecular weight is 434 g/mol. The van der Waals surface area contributed by atoms with E-state index in [9.17, 15) is 18.4 Å². The van der Waals surface area contributed by atoms with Crippen LogP contribution in [0, 0.1) is 11.6 Å². The van der Waals surface area contributed by atoms with Crippen molar-refractivity contribution in [3.63, 3.8) is 0 Å². The first-order chi connectivity index (χ1) is 14.4. The van der Waals surface area contributed by atoms with Crippen LogP contribution in [0.25, 0.3) is 0 Å². The monoisotopic (exact) mass is 434 g/mol. The van der Waals surface area contributed by atoms with Crippen molar-refractivity contribution in [2.75, 3.05) is 14.2 Å². The van der Waals surface area contributed by atoms with Crippen LogP contribution < -0.4 is 9.47 Å². The third-order valence-electron chi connectivity index (χ3n) is 5.19. The molecule has 0 saturated heterocycles. The molecule has 0 radical (unpaired) electrons. The number of benzene rings is 2. The number of carbonyl (C=O) groups excluding carboxylic acids is 2. The molecule has 1 heterocycles. The molecule has 0 bridgehead atoms. The summed E-state index contributed by atoms with van der Waals surface area (Å²) in [7, 11) is 2.85. The number of fused-ring (bicyclic) bond motifs is 1. The van der Waals surface area contributed by atoms with Gasteiger partial charge in [0.2, 0.25) is 0 Å². The minimum absolute atomic E-state index is 0.170. The third-order valence-corrected chi connectivity index (χ3v) is 5.19. The summed E-state index contributed by atoms with van der Waals surface area (Å²) in [4.78, 5) is 22.5. The highest BCUT2D eigenvalue weighted by atomic mass is 19.1. The number of hydrogen-bond acceptors (Lipinski definition) is 5. The molecule has 0 saturated carbocycles. The van der Waals surface area contributed by atoms with Gasteiger partial charge in [-0.05, 0) is 36.4 Å². The fourth-order valence-corrected chi connectivity index (χ4v) is 3.47. The highest BCUT2D eigenvalue weighted by Gasteiger charge is 2.33. The zero-order valence-electron chi connectivity index (χ0n) is 18.7. The zero-order chi connectivity index (χ0) is 23.4. The predicted octanol–water partition coefficient (Wildman–Crippen LogP) is 5.09. The van der Waals surface area contributed by atoms with Gasteiger partial charge >= 0.3 is 11.9 Å². The van der Waals surface area contributed by atoms with E-state index >= 15 is 0 Å². The largest absolute Gasteiger partial charge is 0.496 e. The Kier molecular flexibility index (Phi) is 7.41. The van der Waals surface area contributed by atoms with Crippen LogP contribution in [0.15, 0.2) is 36.4 Å². The van der Waals surface area contributed by atoms with Crippen LogP contribution in [-0.2, 0) is 25.2 Å². The predicted molar refractivity (Wildman–Crippen MR) is 112 cm³/mol. The fourth-order valence-electron chi connectivity index (χ4n) is 3.47. The highest BCUT2D eigenvalue weighted by Crippen LogP contribution is 2.39. The van der Waals surface area contributed by atoms with Crippen LogP contribution in [0.3, 0.4) is 0 Å². The molecule has 0 aliphatic carbocycles. The first-order valence-electron chi connectivity index (χ1n) is 9.81. The first-order valence-corrected chi connectivity index (χ1v) is 9.81. The van der Waals surface area contributed by atoms with Gasteiger partial charge in [0, 0.05) is 22.0 Å². The molecule has 0 unspecified atom stereocenters. The molecule has 0 N–H and O–H groups in total. The summed E-state index contributed by atoms with van der Waals surface area (Å²) in [5.74, 6) is -0.183. The Morgan fingerprint density at radius 3 is 2.32 bits per heavy atom. The van der Waals surface area contributed by atoms with Crippen LogP contribution in [0.1, 0.15) is 51.7 Å². The van der Waals surface area contributed by atoms with Crippen LogP contribution in [0.4, 0.5) is 8.78 Å². The van der Waals surface area contributed by atoms with Crippen molar-refractivity contribution in [3.8, 4) is 11.5 Å². The van der Waals surface area contributed by atoms with Crippen molar-refractivity contribution in [1.29, 1.82) is 0 Å². The van der Waals surface area contributed by atoms with E-state index in [1.54, 1.807) is 6.07 Å². The topological polar surface area (TPSA) is 61.8 Å². The van der Waals surface area contributed by atoms with Gasteiger partial charge < -0.3 is 14.2 Å². The lowest BCUT2D eigenvalue weighted by Gasteiger charge is -2.30. The molecule has 7 heteroatoms. The van der Waals surface area contributed by atoms with Crippen LogP contribution in [-0.4, -0.2) is 26.2 Å². The maximum Gasteiger partial charge on any atom is 0.312 e. The molecular weight excluding hydrogens is 406 g/mol. The number of ether oxygens (including phenoxy) is 3. The highest BCUT2D eigenvalue weighted by molar-refractivity contribution is 5.77. The molecule has 168 valence electrons. The Hall–Kier alpha value is -2.96. The van der Waals surface area contributed by atoms with Crippen LogP contribution >= 0.6 is 0 Å². The maximum absolute atomic E-state index is 13.3. The Labute approximate surface area is 181 Å². The minimum Gasteiger partial charge on any atom is -0.496 e. The summed E-state index contributed by atoms with van der Waals surface area (Å²) < 4.78 is 41.1. The maximum atomic E-state index is 13.3. The van der Waals surface area contributed by atoms with Gasteiger partial charge in [0.25, 0.3) is 0 Å². The Balaban J connectivity index is 0.000000224. The summed E-state index contributed by atoms with van der Waals surface area (Å²) >= 11 is 0. The molecule has 2 aromatic rings. The first kappa shape index (κ1) is 24.3. The number of esters is 2. The molecule has 0 atom stereocenters. The van der Waals surface area contributed by atoms with Crippen LogP contribution in [0.5, 0.6) is 11.5 Å². The van der Waals surface area contributed by atoms with Crippen molar-refractivity contribution in [3.05, 3.63) is 59.2 Å². The van der Waals surface area contributed by atoms with E-state index in [0.29, 0.717) is 23.5 Å². The van der Waals surface area contributed by atoms with Gasteiger partial charge in [-0.25, -0.2) is 8.78 Å². The van der Waals surface area contributed by atoms with Gasteiger partial charge in [-0.3, -0.25) is 9.59 Å². The van der Waals surface area contributed by atoms with E-state index in [4.69, 9.17) is 9.47 Å². The SMILES string of the molecule is CC1(C)CC(=O)Oc2ccc(F)cc21.COC(=O)CC(C)(C)c1cc(F)ccc1OC. The van der Waals surface area contributed by atoms with E-state index in [-0.39, 0.29) is 35.4 Å². The average Bonchev–Trinajstić information content (AvgIpc) is 2.68. The molecule has 0 fully saturated rings. The molecule has 0 amide bonds. The minimum atomic E-state index is -0.541. The number of hydrogen-bond donors (Lipinski definition) is 0. The molecule has 2 aromatic carbocycles. The molecule has 0 aromatic heterocycles. The summed E-state index contributed by atoms with van der Waals surface area (Å²) in [6.07, 6.45) is 0.465. The Morgan fingerprint density at radius 1 is 1.10 bits per heavy atom. The lowest BCUT2D eigenvalue weighted by atomic mass is 9.79. The zero-order valence-corrected chi connectivity index (χ0v) is 18.7. The molecule has 1 aliphatic heterocycles. The van der Waals surface area contributed by atoms with E-state index in [0.717, 1.165) is 5.56 Å². The van der Waals surface area contributed by atoms with E-state index < -0.39 is 5.41 Å². The summed E-state index contributed by atoms with van der Waals surface area (Å²) in [5.41, 5.74) is 0.537. The standard InChI is InChI=1S/C13H17FO3.C11H11FO2/c1-13(2,8-12(15)17-4)10-7-9(14)5-6-11(10)16-3;1-11(2)6-10(13)14-9-4-3-7(12)5-8(9)11/h5-7H,8H2,1-4H3;3-5H,6H2,1-2H3. The van der Waals surface area contributed by atoms with Crippen molar-refractivity contribution >= 4 is 11.9 Å². The van der Waals surface area contributed by atoms with Gasteiger partial charge in [0.1, 0.15) is 23.1 Å². The normalized spacial score (nSPS) is 14.5.